The van der Waals surface area contributed by atoms with E-state index < -0.39 is 0 Å². The average Bonchev–Trinajstić information content (AvgIpc) is 2.47. The van der Waals surface area contributed by atoms with Gasteiger partial charge in [-0.15, -0.1) is 0 Å². The van der Waals surface area contributed by atoms with Gasteiger partial charge in [0, 0.05) is 37.9 Å². The lowest BCUT2D eigenvalue weighted by Crippen LogP contribution is -2.51. The van der Waals surface area contributed by atoms with Crippen LogP contribution in [0.15, 0.2) is 24.3 Å². The predicted octanol–water partition coefficient (Wildman–Crippen LogP) is 0.837. The van der Waals surface area contributed by atoms with Gasteiger partial charge < -0.3 is 20.7 Å². The average molecular weight is 263 g/mol. The van der Waals surface area contributed by atoms with Crippen LogP contribution in [0.25, 0.3) is 0 Å². The molecular formula is C14H21N3O2. The molecule has 1 heterocycles. The van der Waals surface area contributed by atoms with Crippen molar-refractivity contribution in [3.8, 4) is 0 Å². The molecule has 104 valence electrons. The summed E-state index contributed by atoms with van der Waals surface area (Å²) in [4.78, 5) is 11.5. The summed E-state index contributed by atoms with van der Waals surface area (Å²) in [7, 11) is 0. The quantitative estimate of drug-likeness (QED) is 0.687. The van der Waals surface area contributed by atoms with E-state index in [9.17, 15) is 4.79 Å². The minimum absolute atomic E-state index is 0.271. The summed E-state index contributed by atoms with van der Waals surface area (Å²) in [6.45, 7) is 6.09. The molecule has 0 unspecified atom stereocenters. The smallest absolute Gasteiger partial charge is 0.338 e. The summed E-state index contributed by atoms with van der Waals surface area (Å²) in [5, 5.41) is 10.1. The Balaban J connectivity index is 1.82. The Bertz CT molecular complexity index is 400. The third kappa shape index (κ3) is 4.22. The Kier molecular flexibility index (Phi) is 5.18. The Labute approximate surface area is 113 Å². The van der Waals surface area contributed by atoms with Crippen LogP contribution in [-0.2, 0) is 4.74 Å². The molecule has 19 heavy (non-hydrogen) atoms. The number of nitrogens with one attached hydrogen (secondary N) is 3. The molecule has 5 nitrogen and oxygen atoms in total. The molecule has 0 radical (unpaired) electrons. The molecule has 5 heteroatoms. The molecule has 1 aromatic carbocycles. The maximum Gasteiger partial charge on any atom is 0.338 e. The molecule has 1 saturated heterocycles. The van der Waals surface area contributed by atoms with Crippen molar-refractivity contribution in [1.29, 1.82) is 0 Å². The summed E-state index contributed by atoms with van der Waals surface area (Å²) < 4.78 is 4.95. The van der Waals surface area contributed by atoms with Crippen molar-refractivity contribution < 1.29 is 9.53 Å². The van der Waals surface area contributed by atoms with Gasteiger partial charge in [0.05, 0.1) is 12.2 Å². The molecule has 0 aliphatic carbocycles. The van der Waals surface area contributed by atoms with E-state index in [0.29, 0.717) is 18.2 Å². The highest BCUT2D eigenvalue weighted by Gasteiger charge is 2.11. The second-order valence-corrected chi connectivity index (χ2v) is 4.53. The number of piperazine rings is 1. The number of rotatable bonds is 5. The molecule has 1 atom stereocenters. The van der Waals surface area contributed by atoms with Gasteiger partial charge in [0.25, 0.3) is 0 Å². The zero-order valence-corrected chi connectivity index (χ0v) is 11.2. The fraction of sp³-hybridized carbons (Fsp3) is 0.500. The van der Waals surface area contributed by atoms with E-state index in [1.165, 1.54) is 0 Å². The largest absolute Gasteiger partial charge is 0.462 e. The lowest BCUT2D eigenvalue weighted by Gasteiger charge is -2.25. The standard InChI is InChI=1S/C14H21N3O2/c1-2-19-14(18)11-3-5-12(6-4-11)17-10-13-9-15-7-8-16-13/h3-6,13,15-17H,2,7-10H2,1H3/t13-/m0/s1. The zero-order chi connectivity index (χ0) is 13.5. The monoisotopic (exact) mass is 263 g/mol. The van der Waals surface area contributed by atoms with Crippen LogP contribution in [-0.4, -0.2) is 44.8 Å². The van der Waals surface area contributed by atoms with Crippen LogP contribution in [0.5, 0.6) is 0 Å². The highest BCUT2D eigenvalue weighted by Crippen LogP contribution is 2.10. The van der Waals surface area contributed by atoms with Crippen molar-refractivity contribution in [2.75, 3.05) is 38.1 Å². The lowest BCUT2D eigenvalue weighted by atomic mass is 10.2. The number of hydrogen-bond acceptors (Lipinski definition) is 5. The first kappa shape index (κ1) is 13.8. The van der Waals surface area contributed by atoms with Crippen molar-refractivity contribution in [3.63, 3.8) is 0 Å². The van der Waals surface area contributed by atoms with Gasteiger partial charge in [-0.2, -0.15) is 0 Å². The third-order valence-corrected chi connectivity index (χ3v) is 3.07. The molecule has 2 rings (SSSR count). The van der Waals surface area contributed by atoms with Crippen molar-refractivity contribution in [2.24, 2.45) is 0 Å². The number of ether oxygens (including phenoxy) is 1. The topological polar surface area (TPSA) is 62.4 Å². The predicted molar refractivity (Wildman–Crippen MR) is 75.5 cm³/mol. The van der Waals surface area contributed by atoms with Crippen molar-refractivity contribution in [2.45, 2.75) is 13.0 Å². The summed E-state index contributed by atoms with van der Waals surface area (Å²) in [5.41, 5.74) is 1.60. The van der Waals surface area contributed by atoms with Crippen LogP contribution in [0.2, 0.25) is 0 Å². The minimum atomic E-state index is -0.271. The number of hydrogen-bond donors (Lipinski definition) is 3. The molecule has 0 bridgehead atoms. The molecule has 1 aliphatic heterocycles. The maximum atomic E-state index is 11.5. The van der Waals surface area contributed by atoms with Crippen molar-refractivity contribution in [1.82, 2.24) is 10.6 Å². The first-order valence-electron chi connectivity index (χ1n) is 6.74. The fourth-order valence-electron chi connectivity index (χ4n) is 2.04. The normalized spacial score (nSPS) is 18.9. The van der Waals surface area contributed by atoms with E-state index in [0.717, 1.165) is 31.9 Å². The van der Waals surface area contributed by atoms with Gasteiger partial charge >= 0.3 is 5.97 Å². The van der Waals surface area contributed by atoms with E-state index in [-0.39, 0.29) is 5.97 Å². The SMILES string of the molecule is CCOC(=O)c1ccc(NC[C@@H]2CNCCN2)cc1. The van der Waals surface area contributed by atoms with Gasteiger partial charge in [0.2, 0.25) is 0 Å². The van der Waals surface area contributed by atoms with Gasteiger partial charge in [0.15, 0.2) is 0 Å². The first-order chi connectivity index (χ1) is 9.29. The van der Waals surface area contributed by atoms with Crippen LogP contribution in [0.3, 0.4) is 0 Å². The lowest BCUT2D eigenvalue weighted by molar-refractivity contribution is 0.0526. The summed E-state index contributed by atoms with van der Waals surface area (Å²) in [5.74, 6) is -0.271. The Morgan fingerprint density at radius 2 is 2.16 bits per heavy atom. The fourth-order valence-corrected chi connectivity index (χ4v) is 2.04. The van der Waals surface area contributed by atoms with Crippen LogP contribution in [0.1, 0.15) is 17.3 Å². The van der Waals surface area contributed by atoms with E-state index in [1.807, 2.05) is 12.1 Å². The molecule has 3 N–H and O–H groups in total. The van der Waals surface area contributed by atoms with E-state index in [1.54, 1.807) is 19.1 Å². The van der Waals surface area contributed by atoms with E-state index in [4.69, 9.17) is 4.74 Å². The molecule has 1 aliphatic rings. The molecule has 1 fully saturated rings. The number of benzene rings is 1. The number of carbonyl (C=O) groups is 1. The molecule has 0 amide bonds. The van der Waals surface area contributed by atoms with E-state index >= 15 is 0 Å². The van der Waals surface area contributed by atoms with Gasteiger partial charge in [0.1, 0.15) is 0 Å². The molecule has 0 aromatic heterocycles. The van der Waals surface area contributed by atoms with Gasteiger partial charge in [-0.25, -0.2) is 4.79 Å². The van der Waals surface area contributed by atoms with Crippen molar-refractivity contribution in [3.05, 3.63) is 29.8 Å². The van der Waals surface area contributed by atoms with Crippen LogP contribution in [0.4, 0.5) is 5.69 Å². The zero-order valence-electron chi connectivity index (χ0n) is 11.2. The Morgan fingerprint density at radius 1 is 1.37 bits per heavy atom. The van der Waals surface area contributed by atoms with E-state index in [2.05, 4.69) is 16.0 Å². The van der Waals surface area contributed by atoms with Crippen molar-refractivity contribution >= 4 is 11.7 Å². The number of esters is 1. The van der Waals surface area contributed by atoms with Gasteiger partial charge in [-0.1, -0.05) is 0 Å². The first-order valence-corrected chi connectivity index (χ1v) is 6.74. The molecule has 1 aromatic rings. The Hall–Kier alpha value is -1.59. The summed E-state index contributed by atoms with van der Waals surface area (Å²) in [6.07, 6.45) is 0. The molecular weight excluding hydrogens is 242 g/mol. The van der Waals surface area contributed by atoms with Gasteiger partial charge in [-0.05, 0) is 31.2 Å². The van der Waals surface area contributed by atoms with Gasteiger partial charge in [-0.3, -0.25) is 0 Å². The highest BCUT2D eigenvalue weighted by atomic mass is 16.5. The minimum Gasteiger partial charge on any atom is -0.462 e. The molecule has 0 saturated carbocycles. The highest BCUT2D eigenvalue weighted by molar-refractivity contribution is 5.89. The second kappa shape index (κ2) is 7.11. The summed E-state index contributed by atoms with van der Waals surface area (Å²) in [6, 6.07) is 7.82. The maximum absolute atomic E-state index is 11.5. The van der Waals surface area contributed by atoms with Crippen LogP contribution >= 0.6 is 0 Å². The third-order valence-electron chi connectivity index (χ3n) is 3.07. The van der Waals surface area contributed by atoms with Crippen LogP contribution in [0, 0.1) is 0 Å². The number of carbonyl (C=O) groups excluding carboxylic acids is 1. The Morgan fingerprint density at radius 3 is 2.79 bits per heavy atom. The second-order valence-electron chi connectivity index (χ2n) is 4.53. The van der Waals surface area contributed by atoms with Crippen LogP contribution < -0.4 is 16.0 Å². The number of anilines is 1. The summed E-state index contributed by atoms with van der Waals surface area (Å²) >= 11 is 0. The molecule has 0 spiro atoms.